The number of aryl methyl sites for hydroxylation is 2. The molecule has 2 aromatic rings. The van der Waals surface area contributed by atoms with E-state index in [4.69, 9.17) is 5.73 Å². The molecule has 1 atom stereocenters. The van der Waals surface area contributed by atoms with Gasteiger partial charge in [-0.15, -0.1) is 0 Å². The zero-order valence-electron chi connectivity index (χ0n) is 12.4. The van der Waals surface area contributed by atoms with Crippen molar-refractivity contribution in [1.82, 2.24) is 4.72 Å². The van der Waals surface area contributed by atoms with Crippen LogP contribution in [0, 0.1) is 13.8 Å². The molecular weight excluding hydrogens is 300 g/mol. The van der Waals surface area contributed by atoms with Crippen molar-refractivity contribution >= 4 is 15.9 Å². The summed E-state index contributed by atoms with van der Waals surface area (Å²) >= 11 is 0. The van der Waals surface area contributed by atoms with Crippen molar-refractivity contribution in [2.24, 2.45) is 5.73 Å². The fourth-order valence-electron chi connectivity index (χ4n) is 2.04. The van der Waals surface area contributed by atoms with Crippen LogP contribution in [0.3, 0.4) is 0 Å². The first-order valence-electron chi connectivity index (χ1n) is 6.75. The van der Waals surface area contributed by atoms with Gasteiger partial charge in [0.15, 0.2) is 0 Å². The third kappa shape index (κ3) is 3.52. The zero-order chi connectivity index (χ0) is 16.3. The summed E-state index contributed by atoms with van der Waals surface area (Å²) in [5.41, 5.74) is 7.70. The van der Waals surface area contributed by atoms with Crippen molar-refractivity contribution in [3.8, 4) is 0 Å². The van der Waals surface area contributed by atoms with E-state index in [2.05, 4.69) is 4.72 Å². The molecule has 0 saturated carbocycles. The van der Waals surface area contributed by atoms with Gasteiger partial charge < -0.3 is 5.73 Å². The first-order chi connectivity index (χ1) is 10.3. The standard InChI is InChI=1S/C16H18N2O3S/c1-11-8-9-14(10-12(11)2)22(20,21)18-15(16(17)19)13-6-4-3-5-7-13/h3-10,15,18H,1-2H3,(H2,17,19). The number of nitrogens with two attached hydrogens (primary N) is 1. The lowest BCUT2D eigenvalue weighted by Crippen LogP contribution is -2.37. The van der Waals surface area contributed by atoms with Crippen LogP contribution < -0.4 is 10.5 Å². The molecule has 6 heteroatoms. The quantitative estimate of drug-likeness (QED) is 0.881. The molecule has 0 bridgehead atoms. The van der Waals surface area contributed by atoms with E-state index in [0.717, 1.165) is 11.1 Å². The summed E-state index contributed by atoms with van der Waals surface area (Å²) < 4.78 is 27.3. The third-order valence-corrected chi connectivity index (χ3v) is 4.90. The summed E-state index contributed by atoms with van der Waals surface area (Å²) in [6.07, 6.45) is 0. The van der Waals surface area contributed by atoms with E-state index in [1.165, 1.54) is 6.07 Å². The highest BCUT2D eigenvalue weighted by molar-refractivity contribution is 7.89. The molecule has 1 amide bonds. The fourth-order valence-corrected chi connectivity index (χ4v) is 3.32. The Morgan fingerprint density at radius 2 is 1.68 bits per heavy atom. The monoisotopic (exact) mass is 318 g/mol. The van der Waals surface area contributed by atoms with Gasteiger partial charge in [0, 0.05) is 0 Å². The van der Waals surface area contributed by atoms with Crippen LogP contribution in [-0.4, -0.2) is 14.3 Å². The molecule has 0 aromatic heterocycles. The largest absolute Gasteiger partial charge is 0.368 e. The molecule has 0 radical (unpaired) electrons. The molecule has 0 fully saturated rings. The lowest BCUT2D eigenvalue weighted by molar-refractivity contribution is -0.119. The number of hydrogen-bond donors (Lipinski definition) is 2. The van der Waals surface area contributed by atoms with Crippen molar-refractivity contribution in [2.45, 2.75) is 24.8 Å². The van der Waals surface area contributed by atoms with Crippen molar-refractivity contribution in [2.75, 3.05) is 0 Å². The highest BCUT2D eigenvalue weighted by atomic mass is 32.2. The van der Waals surface area contributed by atoms with Crippen LogP contribution in [0.2, 0.25) is 0 Å². The molecule has 2 aromatic carbocycles. The molecule has 3 N–H and O–H groups in total. The van der Waals surface area contributed by atoms with Gasteiger partial charge >= 0.3 is 0 Å². The Hall–Kier alpha value is -2.18. The number of rotatable bonds is 5. The predicted octanol–water partition coefficient (Wildman–Crippen LogP) is 1.81. The second kappa shape index (κ2) is 6.29. The lowest BCUT2D eigenvalue weighted by Gasteiger charge is -2.16. The SMILES string of the molecule is Cc1ccc(S(=O)(=O)NC(C(N)=O)c2ccccc2)cc1C. The maximum Gasteiger partial charge on any atom is 0.241 e. The van der Waals surface area contributed by atoms with E-state index >= 15 is 0 Å². The van der Waals surface area contributed by atoms with E-state index in [1.807, 2.05) is 13.8 Å². The van der Waals surface area contributed by atoms with Gasteiger partial charge in [-0.3, -0.25) is 4.79 Å². The molecule has 22 heavy (non-hydrogen) atoms. The van der Waals surface area contributed by atoms with Crippen molar-refractivity contribution in [1.29, 1.82) is 0 Å². The van der Waals surface area contributed by atoms with Gasteiger partial charge in [-0.1, -0.05) is 36.4 Å². The molecule has 0 aliphatic heterocycles. The minimum atomic E-state index is -3.84. The Morgan fingerprint density at radius 3 is 2.23 bits per heavy atom. The third-order valence-electron chi connectivity index (χ3n) is 3.48. The van der Waals surface area contributed by atoms with E-state index in [1.54, 1.807) is 42.5 Å². The van der Waals surface area contributed by atoms with Crippen LogP contribution >= 0.6 is 0 Å². The summed E-state index contributed by atoms with van der Waals surface area (Å²) in [5, 5.41) is 0. The Kier molecular flexibility index (Phi) is 4.63. The van der Waals surface area contributed by atoms with Gasteiger partial charge in [0.1, 0.15) is 6.04 Å². The van der Waals surface area contributed by atoms with E-state index in [9.17, 15) is 13.2 Å². The number of carbonyl (C=O) groups is 1. The lowest BCUT2D eigenvalue weighted by atomic mass is 10.1. The van der Waals surface area contributed by atoms with Gasteiger partial charge in [0.2, 0.25) is 15.9 Å². The molecule has 1 unspecified atom stereocenters. The smallest absolute Gasteiger partial charge is 0.241 e. The summed E-state index contributed by atoms with van der Waals surface area (Å²) in [4.78, 5) is 11.7. The zero-order valence-corrected chi connectivity index (χ0v) is 13.2. The van der Waals surface area contributed by atoms with Crippen molar-refractivity contribution in [3.63, 3.8) is 0 Å². The summed E-state index contributed by atoms with van der Waals surface area (Å²) in [6, 6.07) is 12.2. The van der Waals surface area contributed by atoms with Crippen LogP contribution in [0.5, 0.6) is 0 Å². The Balaban J connectivity index is 2.36. The number of nitrogens with one attached hydrogen (secondary N) is 1. The number of primary amides is 1. The van der Waals surface area contributed by atoms with Crippen molar-refractivity contribution in [3.05, 3.63) is 65.2 Å². The van der Waals surface area contributed by atoms with Crippen LogP contribution in [0.1, 0.15) is 22.7 Å². The summed E-state index contributed by atoms with van der Waals surface area (Å²) in [5.74, 6) is -0.751. The number of benzene rings is 2. The van der Waals surface area contributed by atoms with Gasteiger partial charge in [0.05, 0.1) is 4.90 Å². The van der Waals surface area contributed by atoms with E-state index in [-0.39, 0.29) is 4.90 Å². The second-order valence-electron chi connectivity index (χ2n) is 5.11. The Bertz CT molecular complexity index is 786. The molecule has 0 spiro atoms. The topological polar surface area (TPSA) is 89.3 Å². The molecule has 0 heterocycles. The van der Waals surface area contributed by atoms with E-state index in [0.29, 0.717) is 5.56 Å². The highest BCUT2D eigenvalue weighted by Crippen LogP contribution is 2.19. The normalized spacial score (nSPS) is 12.8. The Morgan fingerprint density at radius 1 is 1.05 bits per heavy atom. The summed E-state index contributed by atoms with van der Waals surface area (Å²) in [7, 11) is -3.84. The minimum Gasteiger partial charge on any atom is -0.368 e. The number of sulfonamides is 1. The maximum absolute atomic E-state index is 12.5. The highest BCUT2D eigenvalue weighted by Gasteiger charge is 2.25. The number of amides is 1. The molecule has 2 rings (SSSR count). The van der Waals surface area contributed by atoms with Crippen LogP contribution in [0.4, 0.5) is 0 Å². The molecule has 5 nitrogen and oxygen atoms in total. The fraction of sp³-hybridized carbons (Fsp3) is 0.188. The van der Waals surface area contributed by atoms with Crippen LogP contribution in [0.25, 0.3) is 0 Å². The van der Waals surface area contributed by atoms with Gasteiger partial charge in [-0.2, -0.15) is 4.72 Å². The van der Waals surface area contributed by atoms with Gasteiger partial charge in [0.25, 0.3) is 0 Å². The number of carbonyl (C=O) groups excluding carboxylic acids is 1. The molecule has 0 aliphatic rings. The average Bonchev–Trinajstić information content (AvgIpc) is 2.48. The molecule has 116 valence electrons. The Labute approximate surface area is 130 Å². The first kappa shape index (κ1) is 16.2. The first-order valence-corrected chi connectivity index (χ1v) is 8.23. The molecular formula is C16H18N2O3S. The minimum absolute atomic E-state index is 0.109. The van der Waals surface area contributed by atoms with Crippen molar-refractivity contribution < 1.29 is 13.2 Å². The van der Waals surface area contributed by atoms with Crippen LogP contribution in [0.15, 0.2) is 53.4 Å². The molecule has 0 aliphatic carbocycles. The average molecular weight is 318 g/mol. The molecule has 0 saturated heterocycles. The summed E-state index contributed by atoms with van der Waals surface area (Å²) in [6.45, 7) is 3.73. The number of hydrogen-bond acceptors (Lipinski definition) is 3. The maximum atomic E-state index is 12.5. The van der Waals surface area contributed by atoms with E-state index < -0.39 is 22.0 Å². The van der Waals surface area contributed by atoms with Crippen LogP contribution in [-0.2, 0) is 14.8 Å². The predicted molar refractivity (Wildman–Crippen MR) is 84.6 cm³/mol. The van der Waals surface area contributed by atoms with Gasteiger partial charge in [-0.25, -0.2) is 8.42 Å². The second-order valence-corrected chi connectivity index (χ2v) is 6.83. The van der Waals surface area contributed by atoms with Gasteiger partial charge in [-0.05, 0) is 42.7 Å².